The number of morpholine rings is 1. The van der Waals surface area contributed by atoms with Crippen molar-refractivity contribution in [1.29, 1.82) is 0 Å². The van der Waals surface area contributed by atoms with Crippen LogP contribution in [0.1, 0.15) is 10.4 Å². The number of nitrogens with zero attached hydrogens (tertiary/aromatic N) is 5. The number of carbonyl (C=O) groups excluding carboxylic acids is 2. The SMILES string of the molecule is Nc1ncc(-c2nnc(NC(=O)c3ccc(OC(F)(F)F)c(NC(=O)CN4CCOCC4)c3)s2)cn1. The van der Waals surface area contributed by atoms with Crippen LogP contribution < -0.4 is 21.1 Å². The Morgan fingerprint density at radius 1 is 1.14 bits per heavy atom. The molecule has 1 aromatic carbocycles. The van der Waals surface area contributed by atoms with Gasteiger partial charge in [0.15, 0.2) is 10.8 Å². The molecule has 2 aromatic heterocycles. The van der Waals surface area contributed by atoms with Gasteiger partial charge in [0, 0.05) is 36.6 Å². The topological polar surface area (TPSA) is 157 Å². The minimum Gasteiger partial charge on any atom is -0.404 e. The number of nitrogens with one attached hydrogen (secondary N) is 2. The Bertz CT molecular complexity index is 1230. The highest BCUT2D eigenvalue weighted by atomic mass is 32.1. The third-order valence-corrected chi connectivity index (χ3v) is 5.66. The Morgan fingerprint density at radius 3 is 2.56 bits per heavy atom. The smallest absolute Gasteiger partial charge is 0.404 e. The number of halogens is 3. The maximum atomic E-state index is 12.9. The van der Waals surface area contributed by atoms with Crippen molar-refractivity contribution >= 4 is 39.9 Å². The summed E-state index contributed by atoms with van der Waals surface area (Å²) >= 11 is 1.03. The normalized spacial score (nSPS) is 14.3. The van der Waals surface area contributed by atoms with Gasteiger partial charge in [-0.3, -0.25) is 19.8 Å². The molecule has 3 aromatic rings. The molecule has 1 aliphatic rings. The van der Waals surface area contributed by atoms with Gasteiger partial charge in [-0.15, -0.1) is 23.4 Å². The lowest BCUT2D eigenvalue weighted by Gasteiger charge is -2.26. The standard InChI is InChI=1S/C20H19F3N8O4S/c21-20(22,23)35-14-2-1-11(7-13(14)27-15(32)10-31-3-5-34-6-4-31)16(33)28-19-30-29-17(36-19)12-8-25-18(24)26-9-12/h1-2,7-9H,3-6,10H2,(H,27,32)(H2,24,25,26)(H,28,30,33). The molecule has 4 rings (SSSR count). The summed E-state index contributed by atoms with van der Waals surface area (Å²) in [6, 6.07) is 3.16. The Balaban J connectivity index is 1.49. The van der Waals surface area contributed by atoms with Gasteiger partial charge in [-0.25, -0.2) is 9.97 Å². The molecule has 0 bridgehead atoms. The van der Waals surface area contributed by atoms with Crippen molar-refractivity contribution in [2.24, 2.45) is 0 Å². The van der Waals surface area contributed by atoms with E-state index < -0.39 is 23.9 Å². The second-order valence-electron chi connectivity index (χ2n) is 7.39. The van der Waals surface area contributed by atoms with Gasteiger partial charge in [-0.1, -0.05) is 11.3 Å². The monoisotopic (exact) mass is 524 g/mol. The van der Waals surface area contributed by atoms with E-state index in [1.165, 1.54) is 12.4 Å². The number of alkyl halides is 3. The first-order chi connectivity index (χ1) is 17.2. The van der Waals surface area contributed by atoms with Crippen LogP contribution in [0.5, 0.6) is 5.75 Å². The van der Waals surface area contributed by atoms with Crippen LogP contribution in [0.4, 0.5) is 29.9 Å². The van der Waals surface area contributed by atoms with Crippen LogP contribution >= 0.6 is 11.3 Å². The number of nitrogen functional groups attached to an aromatic ring is 1. The van der Waals surface area contributed by atoms with E-state index in [1.807, 2.05) is 0 Å². The van der Waals surface area contributed by atoms with Crippen LogP contribution in [0.15, 0.2) is 30.6 Å². The van der Waals surface area contributed by atoms with Gasteiger partial charge in [-0.2, -0.15) is 0 Å². The molecule has 0 aliphatic carbocycles. The van der Waals surface area contributed by atoms with Gasteiger partial charge in [0.2, 0.25) is 17.0 Å². The van der Waals surface area contributed by atoms with E-state index in [0.29, 0.717) is 36.9 Å². The van der Waals surface area contributed by atoms with Crippen molar-refractivity contribution in [2.45, 2.75) is 6.36 Å². The van der Waals surface area contributed by atoms with E-state index in [0.717, 1.165) is 29.5 Å². The van der Waals surface area contributed by atoms with Crippen LogP contribution in [-0.2, 0) is 9.53 Å². The van der Waals surface area contributed by atoms with Crippen molar-refractivity contribution in [3.63, 3.8) is 0 Å². The highest BCUT2D eigenvalue weighted by Gasteiger charge is 2.32. The number of aromatic nitrogens is 4. The minimum absolute atomic E-state index is 0.0428. The zero-order chi connectivity index (χ0) is 25.7. The molecule has 0 saturated carbocycles. The molecule has 4 N–H and O–H groups in total. The number of benzene rings is 1. The van der Waals surface area contributed by atoms with Gasteiger partial charge in [0.25, 0.3) is 5.91 Å². The largest absolute Gasteiger partial charge is 0.573 e. The van der Waals surface area contributed by atoms with Crippen LogP contribution in [0.3, 0.4) is 0 Å². The third-order valence-electron chi connectivity index (χ3n) is 4.78. The fourth-order valence-electron chi connectivity index (χ4n) is 3.14. The van der Waals surface area contributed by atoms with Gasteiger partial charge < -0.3 is 20.5 Å². The summed E-state index contributed by atoms with van der Waals surface area (Å²) in [6.45, 7) is 1.85. The molecule has 12 nitrogen and oxygen atoms in total. The summed E-state index contributed by atoms with van der Waals surface area (Å²) in [7, 11) is 0. The predicted octanol–water partition coefficient (Wildman–Crippen LogP) is 2.00. The Hall–Kier alpha value is -3.89. The number of carbonyl (C=O) groups is 2. The highest BCUT2D eigenvalue weighted by Crippen LogP contribution is 2.32. The second-order valence-corrected chi connectivity index (χ2v) is 8.37. The molecule has 0 atom stereocenters. The van der Waals surface area contributed by atoms with E-state index >= 15 is 0 Å². The molecule has 36 heavy (non-hydrogen) atoms. The number of ether oxygens (including phenoxy) is 2. The average Bonchev–Trinajstić information content (AvgIpc) is 3.28. The Morgan fingerprint density at radius 2 is 1.86 bits per heavy atom. The minimum atomic E-state index is -5.00. The van der Waals surface area contributed by atoms with E-state index in [-0.39, 0.29) is 28.9 Å². The number of hydrogen-bond donors (Lipinski definition) is 3. The molecule has 0 unspecified atom stereocenters. The van der Waals surface area contributed by atoms with Gasteiger partial charge in [0.05, 0.1) is 25.4 Å². The fourth-order valence-corrected chi connectivity index (χ4v) is 3.86. The second kappa shape index (κ2) is 10.8. The molecule has 16 heteroatoms. The fraction of sp³-hybridized carbons (Fsp3) is 0.300. The summed E-state index contributed by atoms with van der Waals surface area (Å²) < 4.78 is 47.9. The molecule has 3 heterocycles. The highest BCUT2D eigenvalue weighted by molar-refractivity contribution is 7.18. The zero-order valence-electron chi connectivity index (χ0n) is 18.4. The molecule has 190 valence electrons. The van der Waals surface area contributed by atoms with Gasteiger partial charge in [0.1, 0.15) is 0 Å². The molecule has 0 radical (unpaired) electrons. The van der Waals surface area contributed by atoms with Gasteiger partial charge in [-0.05, 0) is 18.2 Å². The van der Waals surface area contributed by atoms with Crippen molar-refractivity contribution in [3.8, 4) is 16.3 Å². The number of rotatable bonds is 7. The number of hydrogen-bond acceptors (Lipinski definition) is 11. The molecule has 1 saturated heterocycles. The Kier molecular flexibility index (Phi) is 7.56. The van der Waals surface area contributed by atoms with E-state index in [1.54, 1.807) is 4.90 Å². The summed E-state index contributed by atoms with van der Waals surface area (Å²) in [5.41, 5.74) is 5.63. The molecular weight excluding hydrogens is 505 g/mol. The first kappa shape index (κ1) is 25.2. The molecule has 0 spiro atoms. The summed E-state index contributed by atoms with van der Waals surface area (Å²) in [6.07, 6.45) is -2.11. The van der Waals surface area contributed by atoms with Crippen LogP contribution in [0.2, 0.25) is 0 Å². The number of amides is 2. The zero-order valence-corrected chi connectivity index (χ0v) is 19.2. The maximum absolute atomic E-state index is 12.9. The summed E-state index contributed by atoms with van der Waals surface area (Å²) in [4.78, 5) is 34.7. The van der Waals surface area contributed by atoms with E-state index in [2.05, 4.69) is 35.5 Å². The van der Waals surface area contributed by atoms with Crippen LogP contribution in [-0.4, -0.2) is 76.1 Å². The van der Waals surface area contributed by atoms with Crippen molar-refractivity contribution in [2.75, 3.05) is 49.2 Å². The van der Waals surface area contributed by atoms with Gasteiger partial charge >= 0.3 is 6.36 Å². The van der Waals surface area contributed by atoms with E-state index in [4.69, 9.17) is 10.5 Å². The molecule has 2 amide bonds. The molecule has 1 aliphatic heterocycles. The quantitative estimate of drug-likeness (QED) is 0.417. The number of nitrogens with two attached hydrogens (primary N) is 1. The van der Waals surface area contributed by atoms with Crippen LogP contribution in [0.25, 0.3) is 10.6 Å². The average molecular weight is 524 g/mol. The van der Waals surface area contributed by atoms with Crippen molar-refractivity contribution < 1.29 is 32.2 Å². The van der Waals surface area contributed by atoms with E-state index in [9.17, 15) is 22.8 Å². The lowest BCUT2D eigenvalue weighted by molar-refractivity contribution is -0.274. The lowest BCUT2D eigenvalue weighted by Crippen LogP contribution is -2.41. The van der Waals surface area contributed by atoms with Crippen molar-refractivity contribution in [1.82, 2.24) is 25.1 Å². The summed E-state index contributed by atoms with van der Waals surface area (Å²) in [5.74, 6) is -1.83. The first-order valence-electron chi connectivity index (χ1n) is 10.4. The summed E-state index contributed by atoms with van der Waals surface area (Å²) in [5, 5.41) is 13.3. The third kappa shape index (κ3) is 6.83. The Labute approximate surface area is 205 Å². The van der Waals surface area contributed by atoms with Crippen molar-refractivity contribution in [3.05, 3.63) is 36.2 Å². The lowest BCUT2D eigenvalue weighted by atomic mass is 10.1. The first-order valence-corrected chi connectivity index (χ1v) is 11.2. The molecule has 1 fully saturated rings. The predicted molar refractivity (Wildman–Crippen MR) is 122 cm³/mol. The van der Waals surface area contributed by atoms with Crippen LogP contribution in [0, 0.1) is 0 Å². The number of anilines is 3. The maximum Gasteiger partial charge on any atom is 0.573 e. The molecular formula is C20H19F3N8O4S.